The Kier molecular flexibility index (Phi) is 5.96. The summed E-state index contributed by atoms with van der Waals surface area (Å²) in [6.07, 6.45) is 4.74. The highest BCUT2D eigenvalue weighted by Gasteiger charge is 2.26. The number of piperazine rings is 1. The van der Waals surface area contributed by atoms with Crippen molar-refractivity contribution in [1.29, 1.82) is 0 Å². The summed E-state index contributed by atoms with van der Waals surface area (Å²) in [5.74, 6) is 2.41. The highest BCUT2D eigenvalue weighted by atomic mass is 16.5. The molecule has 0 amide bonds. The van der Waals surface area contributed by atoms with E-state index in [2.05, 4.69) is 62.6 Å². The molecule has 3 aromatic carbocycles. The van der Waals surface area contributed by atoms with Gasteiger partial charge < -0.3 is 15.0 Å². The van der Waals surface area contributed by atoms with Gasteiger partial charge in [-0.15, -0.1) is 0 Å². The Labute approximate surface area is 206 Å². The maximum Gasteiger partial charge on any atom is 0.227 e. The largest absolute Gasteiger partial charge is 0.497 e. The van der Waals surface area contributed by atoms with E-state index in [1.165, 1.54) is 25.1 Å². The lowest BCUT2D eigenvalue weighted by atomic mass is 10.0. The van der Waals surface area contributed by atoms with Crippen LogP contribution in [0.3, 0.4) is 0 Å². The predicted molar refractivity (Wildman–Crippen MR) is 143 cm³/mol. The first kappa shape index (κ1) is 21.9. The van der Waals surface area contributed by atoms with Crippen molar-refractivity contribution in [3.63, 3.8) is 0 Å². The van der Waals surface area contributed by atoms with Crippen LogP contribution in [0.15, 0.2) is 72.9 Å². The standard InChI is InChI=1S/C29H31N5O/c1-35-26-13-7-22(8-14-26)27-4-2-3-23-19-30-29(32-28(23)27)31-24-9-11-25(12-10-24)34-17-15-33(16-18-34)20-21-5-6-21/h2-4,7-14,19,21H,5-6,15-18,20H2,1H3,(H,30,31,32). The molecular formula is C29H31N5O. The monoisotopic (exact) mass is 465 g/mol. The van der Waals surface area contributed by atoms with Crippen LogP contribution in [0.2, 0.25) is 0 Å². The van der Waals surface area contributed by atoms with Crippen LogP contribution in [0.25, 0.3) is 22.0 Å². The molecule has 1 aliphatic heterocycles. The molecule has 1 aliphatic carbocycles. The second-order valence-corrected chi connectivity index (χ2v) is 9.57. The minimum atomic E-state index is 0.597. The average molecular weight is 466 g/mol. The van der Waals surface area contributed by atoms with Crippen molar-refractivity contribution < 1.29 is 4.74 Å². The van der Waals surface area contributed by atoms with E-state index in [0.29, 0.717) is 5.95 Å². The molecule has 0 atom stereocenters. The van der Waals surface area contributed by atoms with Crippen LogP contribution in [-0.2, 0) is 0 Å². The molecule has 4 aromatic rings. The number of fused-ring (bicyclic) bond motifs is 1. The molecule has 1 saturated carbocycles. The molecular weight excluding hydrogens is 434 g/mol. The second-order valence-electron chi connectivity index (χ2n) is 9.57. The van der Waals surface area contributed by atoms with Gasteiger partial charge in [-0.25, -0.2) is 9.97 Å². The van der Waals surface area contributed by atoms with Gasteiger partial charge in [-0.1, -0.05) is 30.3 Å². The first-order valence-electron chi connectivity index (χ1n) is 12.5. The molecule has 1 N–H and O–H groups in total. The van der Waals surface area contributed by atoms with Crippen LogP contribution in [0.5, 0.6) is 5.75 Å². The van der Waals surface area contributed by atoms with Gasteiger partial charge in [0.15, 0.2) is 0 Å². The number of nitrogens with zero attached hydrogens (tertiary/aromatic N) is 4. The van der Waals surface area contributed by atoms with E-state index in [-0.39, 0.29) is 0 Å². The van der Waals surface area contributed by atoms with Crippen LogP contribution in [0.4, 0.5) is 17.3 Å². The fourth-order valence-electron chi connectivity index (χ4n) is 4.86. The first-order valence-corrected chi connectivity index (χ1v) is 12.5. The van der Waals surface area contributed by atoms with E-state index in [0.717, 1.165) is 65.6 Å². The van der Waals surface area contributed by atoms with Gasteiger partial charge in [0.2, 0.25) is 5.95 Å². The maximum absolute atomic E-state index is 5.30. The zero-order valence-corrected chi connectivity index (χ0v) is 20.2. The van der Waals surface area contributed by atoms with Crippen LogP contribution in [0, 0.1) is 5.92 Å². The molecule has 0 radical (unpaired) electrons. The Morgan fingerprint density at radius 1 is 0.914 bits per heavy atom. The molecule has 2 heterocycles. The lowest BCUT2D eigenvalue weighted by molar-refractivity contribution is 0.248. The van der Waals surface area contributed by atoms with Crippen molar-refractivity contribution in [2.24, 2.45) is 5.92 Å². The summed E-state index contributed by atoms with van der Waals surface area (Å²) in [6, 6.07) is 22.9. The molecule has 1 saturated heterocycles. The molecule has 178 valence electrons. The average Bonchev–Trinajstić information content (AvgIpc) is 3.73. The zero-order valence-electron chi connectivity index (χ0n) is 20.2. The van der Waals surface area contributed by atoms with Gasteiger partial charge in [0.1, 0.15) is 5.75 Å². The number of para-hydroxylation sites is 1. The molecule has 0 bridgehead atoms. The third-order valence-electron chi connectivity index (χ3n) is 7.09. The van der Waals surface area contributed by atoms with Crippen LogP contribution in [-0.4, -0.2) is 54.7 Å². The van der Waals surface area contributed by atoms with Crippen molar-refractivity contribution in [2.45, 2.75) is 12.8 Å². The SMILES string of the molecule is COc1ccc(-c2cccc3cnc(Nc4ccc(N5CCN(CC6CC6)CC5)cc4)nc23)cc1. The third-order valence-corrected chi connectivity index (χ3v) is 7.09. The number of aromatic nitrogens is 2. The Balaban J connectivity index is 1.16. The number of hydrogen-bond acceptors (Lipinski definition) is 6. The van der Waals surface area contributed by atoms with Crippen LogP contribution >= 0.6 is 0 Å². The third kappa shape index (κ3) is 4.93. The van der Waals surface area contributed by atoms with E-state index < -0.39 is 0 Å². The summed E-state index contributed by atoms with van der Waals surface area (Å²) in [6.45, 7) is 5.82. The maximum atomic E-state index is 5.30. The van der Waals surface area contributed by atoms with Gasteiger partial charge in [0, 0.05) is 61.2 Å². The fraction of sp³-hybridized carbons (Fsp3) is 0.310. The molecule has 6 rings (SSSR count). The molecule has 35 heavy (non-hydrogen) atoms. The molecule has 6 heteroatoms. The Morgan fingerprint density at radius 3 is 2.40 bits per heavy atom. The van der Waals surface area contributed by atoms with Gasteiger partial charge in [0.05, 0.1) is 12.6 Å². The van der Waals surface area contributed by atoms with Gasteiger partial charge in [0.25, 0.3) is 0 Å². The normalized spacial score (nSPS) is 16.4. The summed E-state index contributed by atoms with van der Waals surface area (Å²) in [5.41, 5.74) is 5.37. The molecule has 0 unspecified atom stereocenters. The van der Waals surface area contributed by atoms with E-state index in [4.69, 9.17) is 9.72 Å². The van der Waals surface area contributed by atoms with E-state index in [1.54, 1.807) is 7.11 Å². The Bertz CT molecular complexity index is 1290. The van der Waals surface area contributed by atoms with Crippen molar-refractivity contribution >= 4 is 28.2 Å². The number of rotatable bonds is 7. The summed E-state index contributed by atoms with van der Waals surface area (Å²) in [4.78, 5) is 14.5. The van der Waals surface area contributed by atoms with Crippen molar-refractivity contribution in [3.05, 3.63) is 72.9 Å². The number of ether oxygens (including phenoxy) is 1. The van der Waals surface area contributed by atoms with Gasteiger partial charge in [-0.2, -0.15) is 0 Å². The van der Waals surface area contributed by atoms with Crippen molar-refractivity contribution in [1.82, 2.24) is 14.9 Å². The number of hydrogen-bond donors (Lipinski definition) is 1. The fourth-order valence-corrected chi connectivity index (χ4v) is 4.86. The van der Waals surface area contributed by atoms with Crippen LogP contribution in [0.1, 0.15) is 12.8 Å². The minimum Gasteiger partial charge on any atom is -0.497 e. The number of anilines is 3. The Morgan fingerprint density at radius 2 is 1.69 bits per heavy atom. The summed E-state index contributed by atoms with van der Waals surface area (Å²) in [5, 5.41) is 4.40. The minimum absolute atomic E-state index is 0.597. The first-order chi connectivity index (χ1) is 17.2. The summed E-state index contributed by atoms with van der Waals surface area (Å²) >= 11 is 0. The van der Waals surface area contributed by atoms with Gasteiger partial charge >= 0.3 is 0 Å². The van der Waals surface area contributed by atoms with Crippen molar-refractivity contribution in [2.75, 3.05) is 50.1 Å². The highest BCUT2D eigenvalue weighted by Crippen LogP contribution is 2.31. The van der Waals surface area contributed by atoms with Gasteiger partial charge in [-0.05, 0) is 60.7 Å². The lowest BCUT2D eigenvalue weighted by Crippen LogP contribution is -2.47. The topological polar surface area (TPSA) is 53.5 Å². The molecule has 6 nitrogen and oxygen atoms in total. The quantitative estimate of drug-likeness (QED) is 0.385. The summed E-state index contributed by atoms with van der Waals surface area (Å²) < 4.78 is 5.30. The number of methoxy groups -OCH3 is 1. The second kappa shape index (κ2) is 9.55. The molecule has 2 fully saturated rings. The highest BCUT2D eigenvalue weighted by molar-refractivity contribution is 5.94. The lowest BCUT2D eigenvalue weighted by Gasteiger charge is -2.36. The zero-order chi connectivity index (χ0) is 23.6. The van der Waals surface area contributed by atoms with E-state index >= 15 is 0 Å². The Hall–Kier alpha value is -3.64. The number of benzene rings is 3. The molecule has 2 aliphatic rings. The van der Waals surface area contributed by atoms with Crippen LogP contribution < -0.4 is 15.0 Å². The van der Waals surface area contributed by atoms with E-state index in [1.807, 2.05) is 30.5 Å². The smallest absolute Gasteiger partial charge is 0.227 e. The number of nitrogens with one attached hydrogen (secondary N) is 1. The molecule has 1 aromatic heterocycles. The summed E-state index contributed by atoms with van der Waals surface area (Å²) in [7, 11) is 1.68. The predicted octanol–water partition coefficient (Wildman–Crippen LogP) is 5.58. The molecule has 0 spiro atoms. The van der Waals surface area contributed by atoms with Gasteiger partial charge in [-0.3, -0.25) is 4.90 Å². The van der Waals surface area contributed by atoms with Crippen molar-refractivity contribution in [3.8, 4) is 16.9 Å². The van der Waals surface area contributed by atoms with E-state index in [9.17, 15) is 0 Å².